The van der Waals surface area contributed by atoms with Gasteiger partial charge < -0.3 is 14.5 Å². The molecular formula is C23H20F7N4O5P. The average molecular weight is 596 g/mol. The van der Waals surface area contributed by atoms with Crippen molar-refractivity contribution in [1.29, 1.82) is 0 Å². The standard InChI is InChI=1S/C23H20F7N4O5P/c24-15-3-6-17(18(25)7-15)21(39-40(35,36)37,11-34-13-31-32-33-34)23(29,30)20-8-19(9-20,10-20)14-1-4-16(5-2-14)38-12-22(26,27)28/h1-7,13H,8-12H2,(H2,35,36,37)/t19?,20?,21-/m1/s1. The van der Waals surface area contributed by atoms with Crippen molar-refractivity contribution in [2.75, 3.05) is 6.61 Å². The monoisotopic (exact) mass is 596 g/mol. The van der Waals surface area contributed by atoms with Crippen LogP contribution in [0.15, 0.2) is 48.8 Å². The molecule has 3 saturated carbocycles. The molecule has 3 aliphatic carbocycles. The summed E-state index contributed by atoms with van der Waals surface area (Å²) in [5.74, 6) is -6.90. The normalized spacial score (nSPS) is 24.1. The van der Waals surface area contributed by atoms with Crippen molar-refractivity contribution in [2.24, 2.45) is 5.41 Å². The van der Waals surface area contributed by atoms with E-state index < -0.39 is 66.7 Å². The first-order chi connectivity index (χ1) is 18.5. The predicted octanol–water partition coefficient (Wildman–Crippen LogP) is 4.65. The van der Waals surface area contributed by atoms with Gasteiger partial charge in [-0.3, -0.25) is 4.52 Å². The molecule has 3 aromatic rings. The molecule has 0 spiro atoms. The highest BCUT2D eigenvalue weighted by Gasteiger charge is 2.83. The Morgan fingerprint density at radius 3 is 2.17 bits per heavy atom. The van der Waals surface area contributed by atoms with E-state index >= 15 is 13.2 Å². The number of aromatic nitrogens is 4. The van der Waals surface area contributed by atoms with Crippen LogP contribution in [-0.4, -0.2) is 48.7 Å². The van der Waals surface area contributed by atoms with Crippen LogP contribution in [0.5, 0.6) is 5.75 Å². The summed E-state index contributed by atoms with van der Waals surface area (Å²) in [5, 5.41) is 10.1. The summed E-state index contributed by atoms with van der Waals surface area (Å²) in [6.07, 6.45) is -4.35. The van der Waals surface area contributed by atoms with Crippen molar-refractivity contribution in [2.45, 2.75) is 48.9 Å². The lowest BCUT2D eigenvalue weighted by Crippen LogP contribution is -2.76. The third-order valence-electron chi connectivity index (χ3n) is 7.49. The van der Waals surface area contributed by atoms with E-state index in [2.05, 4.69) is 20.3 Å². The lowest BCUT2D eigenvalue weighted by atomic mass is 9.30. The van der Waals surface area contributed by atoms with E-state index in [4.69, 9.17) is 4.52 Å². The number of alkyl halides is 5. The highest BCUT2D eigenvalue weighted by atomic mass is 31.2. The van der Waals surface area contributed by atoms with Crippen molar-refractivity contribution in [3.63, 3.8) is 0 Å². The first-order valence-corrected chi connectivity index (χ1v) is 13.1. The smallest absolute Gasteiger partial charge is 0.470 e. The Balaban J connectivity index is 1.49. The van der Waals surface area contributed by atoms with E-state index in [1.54, 1.807) is 0 Å². The van der Waals surface area contributed by atoms with Gasteiger partial charge in [0.15, 0.2) is 12.2 Å². The van der Waals surface area contributed by atoms with Crippen LogP contribution in [0.1, 0.15) is 30.4 Å². The Bertz CT molecular complexity index is 1430. The second-order valence-electron chi connectivity index (χ2n) is 10.1. The third-order valence-corrected chi connectivity index (χ3v) is 8.04. The Hall–Kier alpha value is -3.07. The summed E-state index contributed by atoms with van der Waals surface area (Å²) in [5.41, 5.74) is -6.58. The van der Waals surface area contributed by atoms with Crippen LogP contribution in [0, 0.1) is 17.0 Å². The number of ether oxygens (including phenoxy) is 1. The number of rotatable bonds is 10. The van der Waals surface area contributed by atoms with Gasteiger partial charge >= 0.3 is 14.0 Å². The minimum absolute atomic E-state index is 0.0741. The first-order valence-electron chi connectivity index (χ1n) is 11.6. The predicted molar refractivity (Wildman–Crippen MR) is 120 cm³/mol. The zero-order chi connectivity index (χ0) is 29.2. The fourth-order valence-electron chi connectivity index (χ4n) is 5.92. The van der Waals surface area contributed by atoms with E-state index in [9.17, 15) is 31.9 Å². The molecule has 0 radical (unpaired) electrons. The van der Waals surface area contributed by atoms with Gasteiger partial charge in [0.05, 0.1) is 6.54 Å². The summed E-state index contributed by atoms with van der Waals surface area (Å²) >= 11 is 0. The quantitative estimate of drug-likeness (QED) is 0.257. The molecule has 1 aromatic heterocycles. The maximum Gasteiger partial charge on any atom is 0.470 e. The molecule has 0 unspecified atom stereocenters. The number of phosphoric acid groups is 1. The van der Waals surface area contributed by atoms with Crippen LogP contribution >= 0.6 is 7.82 Å². The molecule has 1 atom stereocenters. The van der Waals surface area contributed by atoms with Gasteiger partial charge in [-0.1, -0.05) is 12.1 Å². The average Bonchev–Trinajstić information content (AvgIpc) is 3.27. The molecule has 1 heterocycles. The van der Waals surface area contributed by atoms with Crippen LogP contribution in [0.4, 0.5) is 30.7 Å². The minimum atomic E-state index is -5.75. The molecule has 3 fully saturated rings. The molecule has 6 rings (SSSR count). The molecule has 0 saturated heterocycles. The molecular weight excluding hydrogens is 576 g/mol. The van der Waals surface area contributed by atoms with Crippen molar-refractivity contribution in [1.82, 2.24) is 20.2 Å². The topological polar surface area (TPSA) is 120 Å². The van der Waals surface area contributed by atoms with Gasteiger partial charge in [-0.15, -0.1) is 5.10 Å². The van der Waals surface area contributed by atoms with Crippen LogP contribution in [0.25, 0.3) is 0 Å². The Labute approximate surface area is 221 Å². The molecule has 0 aliphatic heterocycles. The number of phosphoric ester groups is 1. The van der Waals surface area contributed by atoms with Gasteiger partial charge in [0.25, 0.3) is 5.92 Å². The van der Waals surface area contributed by atoms with Crippen molar-refractivity contribution in [3.8, 4) is 5.75 Å². The summed E-state index contributed by atoms with van der Waals surface area (Å²) in [6.45, 7) is -2.64. The van der Waals surface area contributed by atoms with Gasteiger partial charge in [-0.05, 0) is 64.9 Å². The Kier molecular flexibility index (Phi) is 6.56. The number of nitrogens with zero attached hydrogens (tertiary/aromatic N) is 4. The van der Waals surface area contributed by atoms with Crippen LogP contribution in [0.2, 0.25) is 0 Å². The van der Waals surface area contributed by atoms with Gasteiger partial charge in [-0.25, -0.2) is 26.8 Å². The van der Waals surface area contributed by atoms with E-state index in [-0.39, 0.29) is 31.1 Å². The Morgan fingerprint density at radius 1 is 1.00 bits per heavy atom. The zero-order valence-electron chi connectivity index (χ0n) is 20.2. The van der Waals surface area contributed by atoms with Crippen molar-refractivity contribution in [3.05, 3.63) is 71.6 Å². The molecule has 2 N–H and O–H groups in total. The van der Waals surface area contributed by atoms with Crippen LogP contribution in [0.3, 0.4) is 0 Å². The molecule has 3 aliphatic rings. The lowest BCUT2D eigenvalue weighted by Gasteiger charge is -2.74. The largest absolute Gasteiger partial charge is 0.484 e. The molecule has 0 amide bonds. The minimum Gasteiger partial charge on any atom is -0.484 e. The number of hydrogen-bond acceptors (Lipinski definition) is 6. The zero-order valence-corrected chi connectivity index (χ0v) is 21.0. The second-order valence-corrected chi connectivity index (χ2v) is 11.3. The maximum absolute atomic E-state index is 16.7. The molecule has 2 aromatic carbocycles. The number of halogens is 7. The van der Waals surface area contributed by atoms with Crippen LogP contribution < -0.4 is 4.74 Å². The number of hydrogen-bond donors (Lipinski definition) is 2. The van der Waals surface area contributed by atoms with E-state index in [1.807, 2.05) is 0 Å². The first kappa shape index (κ1) is 28.5. The fourth-order valence-corrected chi connectivity index (χ4v) is 6.59. The summed E-state index contributed by atoms with van der Waals surface area (Å²) in [6, 6.07) is 7.02. The van der Waals surface area contributed by atoms with Crippen molar-refractivity contribution >= 4 is 7.82 Å². The third kappa shape index (κ3) is 4.76. The molecule has 2 bridgehead atoms. The molecule has 40 heavy (non-hydrogen) atoms. The second kappa shape index (κ2) is 9.23. The molecule has 17 heteroatoms. The summed E-state index contributed by atoms with van der Waals surface area (Å²) in [4.78, 5) is 19.4. The highest BCUT2D eigenvalue weighted by molar-refractivity contribution is 7.46. The van der Waals surface area contributed by atoms with Gasteiger partial charge in [0, 0.05) is 17.0 Å². The molecule has 216 valence electrons. The number of tetrazole rings is 1. The number of benzene rings is 2. The summed E-state index contributed by atoms with van der Waals surface area (Å²) in [7, 11) is -5.75. The van der Waals surface area contributed by atoms with Crippen molar-refractivity contribution < 1.29 is 54.3 Å². The fraction of sp³-hybridized carbons (Fsp3) is 0.435. The molecule has 9 nitrogen and oxygen atoms in total. The van der Waals surface area contributed by atoms with Crippen LogP contribution in [-0.2, 0) is 26.6 Å². The van der Waals surface area contributed by atoms with Gasteiger partial charge in [-0.2, -0.15) is 13.2 Å². The van der Waals surface area contributed by atoms with Gasteiger partial charge in [0.1, 0.15) is 23.7 Å². The highest BCUT2D eigenvalue weighted by Crippen LogP contribution is 2.81. The van der Waals surface area contributed by atoms with E-state index in [1.165, 1.54) is 24.3 Å². The van der Waals surface area contributed by atoms with Gasteiger partial charge in [0.2, 0.25) is 0 Å². The SMILES string of the molecule is O=P(O)(O)O[C@](Cn1cnnn1)(c1ccc(F)cc1F)C(F)(F)C12CC(c3ccc(OCC(F)(F)F)cc3)(C1)C2. The lowest BCUT2D eigenvalue weighted by molar-refractivity contribution is -0.343. The van der Waals surface area contributed by atoms with E-state index in [0.717, 1.165) is 6.33 Å². The Morgan fingerprint density at radius 2 is 1.65 bits per heavy atom. The summed E-state index contributed by atoms with van der Waals surface area (Å²) < 4.78 is 122. The maximum atomic E-state index is 16.7. The van der Waals surface area contributed by atoms with E-state index in [0.29, 0.717) is 22.4 Å².